The predicted octanol–water partition coefficient (Wildman–Crippen LogP) is 5.17. The number of hydrogen-bond acceptors (Lipinski definition) is 4. The van der Waals surface area contributed by atoms with E-state index in [4.69, 9.17) is 14.2 Å². The lowest BCUT2D eigenvalue weighted by Gasteiger charge is -2.50. The summed E-state index contributed by atoms with van der Waals surface area (Å²) >= 11 is 3.62. The number of morpholine rings is 1. The highest BCUT2D eigenvalue weighted by molar-refractivity contribution is 9.10. The van der Waals surface area contributed by atoms with Crippen molar-refractivity contribution < 1.29 is 14.2 Å². The number of benzene rings is 2. The molecule has 4 rings (SSSR count). The van der Waals surface area contributed by atoms with Gasteiger partial charge in [0, 0.05) is 41.7 Å². The summed E-state index contributed by atoms with van der Waals surface area (Å²) in [5.74, 6) is 1.86. The van der Waals surface area contributed by atoms with E-state index in [-0.39, 0.29) is 23.6 Å². The molecule has 0 bridgehead atoms. The van der Waals surface area contributed by atoms with Gasteiger partial charge in [-0.05, 0) is 38.1 Å². The van der Waals surface area contributed by atoms with Crippen LogP contribution in [0.1, 0.15) is 31.4 Å². The van der Waals surface area contributed by atoms with Gasteiger partial charge < -0.3 is 14.2 Å². The summed E-state index contributed by atoms with van der Waals surface area (Å²) in [5.41, 5.74) is 1.72. The molecule has 152 valence electrons. The Kier molecular flexibility index (Phi) is 6.30. The zero-order valence-corrected chi connectivity index (χ0v) is 18.9. The quantitative estimate of drug-likeness (QED) is 0.622. The summed E-state index contributed by atoms with van der Waals surface area (Å²) in [6.45, 7) is 7.58. The maximum Gasteiger partial charge on any atom is 0.126 e. The highest BCUT2D eigenvalue weighted by Gasteiger charge is 2.48. The smallest absolute Gasteiger partial charge is 0.126 e. The Morgan fingerprint density at radius 2 is 1.96 bits per heavy atom. The Morgan fingerprint density at radius 1 is 1.18 bits per heavy atom. The fourth-order valence-corrected chi connectivity index (χ4v) is 4.76. The maximum atomic E-state index is 6.47. The number of ether oxygens (including phenoxy) is 3. The van der Waals surface area contributed by atoms with Crippen molar-refractivity contribution in [1.82, 2.24) is 4.90 Å². The van der Waals surface area contributed by atoms with Crippen LogP contribution in [-0.2, 0) is 16.9 Å². The molecule has 6 heteroatoms. The fraction of sp³-hybridized carbons (Fsp3) is 0.455. The number of methoxy groups -OCH3 is 1. The molecule has 1 saturated heterocycles. The molecule has 28 heavy (non-hydrogen) atoms. The molecular formula is C22H27BrClNO3. The molecule has 2 heterocycles. The van der Waals surface area contributed by atoms with E-state index in [0.717, 1.165) is 47.6 Å². The summed E-state index contributed by atoms with van der Waals surface area (Å²) in [6, 6.07) is 14.5. The molecule has 0 aromatic heterocycles. The van der Waals surface area contributed by atoms with Crippen LogP contribution in [0.4, 0.5) is 0 Å². The Bertz CT molecular complexity index is 844. The number of hydrogen-bond donors (Lipinski definition) is 0. The van der Waals surface area contributed by atoms with Crippen LogP contribution in [-0.4, -0.2) is 37.3 Å². The predicted molar refractivity (Wildman–Crippen MR) is 117 cm³/mol. The van der Waals surface area contributed by atoms with Crippen LogP contribution in [0.2, 0.25) is 0 Å². The minimum Gasteiger partial charge on any atom is -0.496 e. The van der Waals surface area contributed by atoms with Crippen LogP contribution in [0.25, 0.3) is 0 Å². The lowest BCUT2D eigenvalue weighted by Crippen LogP contribution is -2.55. The molecule has 0 aliphatic carbocycles. The zero-order chi connectivity index (χ0) is 19.1. The Hall–Kier alpha value is -1.27. The van der Waals surface area contributed by atoms with E-state index in [0.29, 0.717) is 6.61 Å². The summed E-state index contributed by atoms with van der Waals surface area (Å²) in [5, 5.41) is 0. The molecule has 0 N–H and O–H groups in total. The fourth-order valence-electron chi connectivity index (χ4n) is 4.40. The van der Waals surface area contributed by atoms with Crippen molar-refractivity contribution in [2.75, 3.05) is 26.8 Å². The molecule has 2 aromatic rings. The van der Waals surface area contributed by atoms with E-state index >= 15 is 0 Å². The summed E-state index contributed by atoms with van der Waals surface area (Å²) in [6.07, 6.45) is 0.825. The molecule has 1 unspecified atom stereocenters. The van der Waals surface area contributed by atoms with Crippen LogP contribution in [0.3, 0.4) is 0 Å². The topological polar surface area (TPSA) is 30.9 Å². The zero-order valence-electron chi connectivity index (χ0n) is 16.5. The van der Waals surface area contributed by atoms with Gasteiger partial charge >= 0.3 is 0 Å². The van der Waals surface area contributed by atoms with Crippen molar-refractivity contribution in [3.8, 4) is 11.5 Å². The van der Waals surface area contributed by atoms with Gasteiger partial charge in [-0.2, -0.15) is 0 Å². The van der Waals surface area contributed by atoms with Gasteiger partial charge in [0.05, 0.1) is 13.7 Å². The molecule has 0 amide bonds. The van der Waals surface area contributed by atoms with Crippen molar-refractivity contribution in [2.45, 2.75) is 38.0 Å². The first-order chi connectivity index (χ1) is 12.9. The second kappa shape index (κ2) is 8.23. The van der Waals surface area contributed by atoms with Crippen molar-refractivity contribution in [3.63, 3.8) is 0 Å². The number of rotatable bonds is 3. The van der Waals surface area contributed by atoms with Gasteiger partial charge in [-0.1, -0.05) is 34.1 Å². The normalized spacial score (nSPS) is 23.4. The monoisotopic (exact) mass is 467 g/mol. The van der Waals surface area contributed by atoms with Crippen LogP contribution >= 0.6 is 28.3 Å². The van der Waals surface area contributed by atoms with Crippen molar-refractivity contribution >= 4 is 28.3 Å². The van der Waals surface area contributed by atoms with E-state index in [1.807, 2.05) is 24.3 Å². The summed E-state index contributed by atoms with van der Waals surface area (Å²) in [7, 11) is 1.73. The van der Waals surface area contributed by atoms with Gasteiger partial charge in [0.25, 0.3) is 0 Å². The Balaban J connectivity index is 0.00000225. The molecule has 0 saturated carbocycles. The standard InChI is InChI=1S/C22H26BrNO3.ClH/c1-21(2)14-22(18-12-17(23)8-9-20(18)27-21)15-24(10-11-26-22)13-16-6-4-5-7-19(16)25-3;/h4-9,12H,10-11,13-15H2,1-3H3;1H. The molecule has 1 atom stereocenters. The van der Waals surface area contributed by atoms with E-state index < -0.39 is 0 Å². The van der Waals surface area contributed by atoms with E-state index in [2.05, 4.69) is 52.9 Å². The van der Waals surface area contributed by atoms with Gasteiger partial charge in [0.2, 0.25) is 0 Å². The summed E-state index contributed by atoms with van der Waals surface area (Å²) in [4.78, 5) is 2.47. The number of para-hydroxylation sites is 1. The molecule has 1 spiro atoms. The largest absolute Gasteiger partial charge is 0.496 e. The van der Waals surface area contributed by atoms with Crippen LogP contribution in [0, 0.1) is 0 Å². The minimum absolute atomic E-state index is 0. The number of nitrogens with zero attached hydrogens (tertiary/aromatic N) is 1. The van der Waals surface area contributed by atoms with E-state index in [1.54, 1.807) is 7.11 Å². The first kappa shape index (κ1) is 21.4. The van der Waals surface area contributed by atoms with Gasteiger partial charge in [-0.15, -0.1) is 12.4 Å². The van der Waals surface area contributed by atoms with Gasteiger partial charge in [0.15, 0.2) is 0 Å². The highest BCUT2D eigenvalue weighted by Crippen LogP contribution is 2.48. The molecule has 0 radical (unpaired) electrons. The third-order valence-electron chi connectivity index (χ3n) is 5.38. The van der Waals surface area contributed by atoms with Crippen molar-refractivity contribution in [1.29, 1.82) is 0 Å². The average molecular weight is 469 g/mol. The lowest BCUT2D eigenvalue weighted by molar-refractivity contribution is -0.157. The third kappa shape index (κ3) is 4.18. The molecule has 2 aliphatic rings. The van der Waals surface area contributed by atoms with Gasteiger partial charge in [-0.25, -0.2) is 0 Å². The van der Waals surface area contributed by atoms with Crippen LogP contribution < -0.4 is 9.47 Å². The van der Waals surface area contributed by atoms with Crippen molar-refractivity contribution in [2.24, 2.45) is 0 Å². The lowest BCUT2D eigenvalue weighted by atomic mass is 9.79. The minimum atomic E-state index is -0.360. The van der Waals surface area contributed by atoms with Crippen molar-refractivity contribution in [3.05, 3.63) is 58.1 Å². The average Bonchev–Trinajstić information content (AvgIpc) is 2.62. The van der Waals surface area contributed by atoms with E-state index in [1.165, 1.54) is 5.56 Å². The van der Waals surface area contributed by atoms with Gasteiger partial charge in [-0.3, -0.25) is 4.90 Å². The molecule has 2 aromatic carbocycles. The second-order valence-corrected chi connectivity index (χ2v) is 8.96. The first-order valence-corrected chi connectivity index (χ1v) is 10.2. The van der Waals surface area contributed by atoms with Gasteiger partial charge in [0.1, 0.15) is 22.7 Å². The van der Waals surface area contributed by atoms with E-state index in [9.17, 15) is 0 Å². The SMILES string of the molecule is COc1ccccc1CN1CCOC2(C1)CC(C)(C)Oc1ccc(Br)cc12.Cl. The maximum absolute atomic E-state index is 6.47. The molecule has 4 nitrogen and oxygen atoms in total. The molecular weight excluding hydrogens is 442 g/mol. The number of fused-ring (bicyclic) bond motifs is 2. The second-order valence-electron chi connectivity index (χ2n) is 8.04. The molecule has 1 fully saturated rings. The Labute approximate surface area is 181 Å². The third-order valence-corrected chi connectivity index (χ3v) is 5.87. The van der Waals surface area contributed by atoms with Crippen LogP contribution in [0.15, 0.2) is 46.9 Å². The first-order valence-electron chi connectivity index (χ1n) is 9.38. The number of halogens is 2. The summed E-state index contributed by atoms with van der Waals surface area (Å²) < 4.78 is 19.3. The molecule has 2 aliphatic heterocycles. The Morgan fingerprint density at radius 3 is 2.75 bits per heavy atom. The highest BCUT2D eigenvalue weighted by atomic mass is 79.9. The van der Waals surface area contributed by atoms with Crippen LogP contribution in [0.5, 0.6) is 11.5 Å².